The van der Waals surface area contributed by atoms with E-state index in [-0.39, 0.29) is 12.6 Å². The van der Waals surface area contributed by atoms with E-state index in [1.54, 1.807) is 7.05 Å². The van der Waals surface area contributed by atoms with E-state index in [2.05, 4.69) is 27.4 Å². The fourth-order valence-electron chi connectivity index (χ4n) is 4.67. The average molecular weight is 530 g/mol. The van der Waals surface area contributed by atoms with Gasteiger partial charge in [0.05, 0.1) is 12.6 Å². The van der Waals surface area contributed by atoms with Gasteiger partial charge in [-0.25, -0.2) is 9.97 Å². The smallest absolute Gasteiger partial charge is 0.164 e. The van der Waals surface area contributed by atoms with Crippen LogP contribution in [0.3, 0.4) is 0 Å². The van der Waals surface area contributed by atoms with Crippen LogP contribution in [0.25, 0.3) is 11.4 Å². The molecule has 2 aliphatic heterocycles. The Balaban J connectivity index is 1.56. The molecule has 210 valence electrons. The molecule has 2 unspecified atom stereocenters. The molecule has 2 aliphatic rings. The third-order valence-electron chi connectivity index (χ3n) is 7.05. The van der Waals surface area contributed by atoms with Gasteiger partial charge in [-0.2, -0.15) is 0 Å². The summed E-state index contributed by atoms with van der Waals surface area (Å²) < 4.78 is 11.4. The lowest BCUT2D eigenvalue weighted by Gasteiger charge is -2.37. The molecule has 0 aliphatic carbocycles. The zero-order chi connectivity index (χ0) is 27.1. The third-order valence-corrected chi connectivity index (χ3v) is 7.05. The number of anilines is 2. The molecule has 3 heterocycles. The summed E-state index contributed by atoms with van der Waals surface area (Å²) in [4.78, 5) is 16.4. The highest BCUT2D eigenvalue weighted by Crippen LogP contribution is 2.31. The minimum Gasteiger partial charge on any atom is -0.491 e. The van der Waals surface area contributed by atoms with Gasteiger partial charge < -0.3 is 35.2 Å². The van der Waals surface area contributed by atoms with Gasteiger partial charge in [0.25, 0.3) is 0 Å². The molecule has 11 heteroatoms. The second-order valence-corrected chi connectivity index (χ2v) is 10.3. The molecule has 2 aromatic rings. The molecule has 38 heavy (non-hydrogen) atoms. The molecule has 3 atom stereocenters. The highest BCUT2D eigenvalue weighted by molar-refractivity contribution is 5.67. The maximum Gasteiger partial charge on any atom is 0.164 e. The van der Waals surface area contributed by atoms with Crippen molar-refractivity contribution in [2.45, 2.75) is 31.7 Å². The molecular formula is C27H43N7O4. The van der Waals surface area contributed by atoms with Gasteiger partial charge in [-0.1, -0.05) is 12.1 Å². The van der Waals surface area contributed by atoms with Crippen LogP contribution in [0.2, 0.25) is 0 Å². The first-order valence-electron chi connectivity index (χ1n) is 13.4. The van der Waals surface area contributed by atoms with Crippen LogP contribution in [0.15, 0.2) is 24.3 Å². The van der Waals surface area contributed by atoms with Crippen LogP contribution >= 0.6 is 0 Å². The van der Waals surface area contributed by atoms with Gasteiger partial charge in [0.15, 0.2) is 5.82 Å². The van der Waals surface area contributed by atoms with Crippen molar-refractivity contribution in [3.8, 4) is 17.1 Å². The zero-order valence-corrected chi connectivity index (χ0v) is 23.1. The summed E-state index contributed by atoms with van der Waals surface area (Å²) >= 11 is 0. The van der Waals surface area contributed by atoms with Crippen molar-refractivity contribution < 1.29 is 19.7 Å². The number of hydrogen-bond acceptors (Lipinski definition) is 11. The maximum absolute atomic E-state index is 10.3. The van der Waals surface area contributed by atoms with Crippen LogP contribution in [0.4, 0.5) is 11.6 Å². The van der Waals surface area contributed by atoms with Crippen molar-refractivity contribution in [2.75, 3.05) is 90.4 Å². The molecule has 1 aromatic carbocycles. The fourth-order valence-corrected chi connectivity index (χ4v) is 4.67. The molecule has 1 aromatic heterocycles. The van der Waals surface area contributed by atoms with Gasteiger partial charge in [-0.15, -0.1) is 0 Å². The second kappa shape index (κ2) is 13.5. The van der Waals surface area contributed by atoms with E-state index in [0.29, 0.717) is 31.3 Å². The molecule has 2 saturated heterocycles. The first kappa shape index (κ1) is 28.5. The van der Waals surface area contributed by atoms with E-state index in [9.17, 15) is 10.2 Å². The Morgan fingerprint density at radius 1 is 1.18 bits per heavy atom. The van der Waals surface area contributed by atoms with Gasteiger partial charge in [0.1, 0.15) is 36.3 Å². The quantitative estimate of drug-likeness (QED) is 0.290. The Labute approximate surface area is 225 Å². The summed E-state index contributed by atoms with van der Waals surface area (Å²) in [6.07, 6.45) is -0.126. The number of piperazine rings is 1. The van der Waals surface area contributed by atoms with Gasteiger partial charge in [0, 0.05) is 57.0 Å². The summed E-state index contributed by atoms with van der Waals surface area (Å²) in [5.41, 5.74) is 1.87. The van der Waals surface area contributed by atoms with Crippen molar-refractivity contribution in [3.05, 3.63) is 29.8 Å². The number of benzene rings is 1. The van der Waals surface area contributed by atoms with Crippen molar-refractivity contribution in [2.24, 2.45) is 0 Å². The van der Waals surface area contributed by atoms with Crippen molar-refractivity contribution in [3.63, 3.8) is 0 Å². The monoisotopic (exact) mass is 529 g/mol. The molecule has 0 bridgehead atoms. The molecule has 0 amide bonds. The number of nitrogens with zero attached hydrogens (tertiary/aromatic N) is 5. The van der Waals surface area contributed by atoms with Crippen molar-refractivity contribution in [1.82, 2.24) is 25.1 Å². The first-order chi connectivity index (χ1) is 18.3. The Kier molecular flexibility index (Phi) is 10.1. The molecule has 0 radical (unpaired) electrons. The van der Waals surface area contributed by atoms with Crippen LogP contribution in [0, 0.1) is 6.92 Å². The second-order valence-electron chi connectivity index (χ2n) is 10.3. The third kappa shape index (κ3) is 7.52. The van der Waals surface area contributed by atoms with E-state index in [1.165, 1.54) is 0 Å². The van der Waals surface area contributed by atoms with E-state index in [1.807, 2.05) is 43.3 Å². The fraction of sp³-hybridized carbons (Fsp3) is 0.630. The molecule has 0 saturated carbocycles. The standard InChI is InChI=1S/C27H43N7O4/c1-19-25(29-21-8-13-37-17-21)30-26(20-6-5-7-23(14-20)38-18-22(35)15-28-2)31-27(19)34-11-9-33(10-12-34)16-24(36)32(3)4/h5-7,14,21-22,24,28,35-36H,8-13,15-18H2,1-4H3,(H,29,30,31)/t21-,22?,24?/m1/s1. The normalized spacial score (nSPS) is 20.1. The summed E-state index contributed by atoms with van der Waals surface area (Å²) in [5.74, 6) is 3.02. The maximum atomic E-state index is 10.3. The van der Waals surface area contributed by atoms with E-state index in [0.717, 1.165) is 62.0 Å². The molecular weight excluding hydrogens is 486 g/mol. The summed E-state index contributed by atoms with van der Waals surface area (Å²) in [6.45, 7) is 8.10. The van der Waals surface area contributed by atoms with Crippen LogP contribution in [0.5, 0.6) is 5.75 Å². The Morgan fingerprint density at radius 3 is 2.66 bits per heavy atom. The Morgan fingerprint density at radius 2 is 1.97 bits per heavy atom. The number of aliphatic hydroxyl groups is 2. The van der Waals surface area contributed by atoms with Gasteiger partial charge in [0.2, 0.25) is 0 Å². The zero-order valence-electron chi connectivity index (χ0n) is 23.1. The first-order valence-corrected chi connectivity index (χ1v) is 13.4. The number of nitrogens with one attached hydrogen (secondary N) is 2. The molecule has 0 spiro atoms. The van der Waals surface area contributed by atoms with E-state index in [4.69, 9.17) is 19.4 Å². The van der Waals surface area contributed by atoms with Gasteiger partial charge in [-0.05, 0) is 46.6 Å². The highest BCUT2D eigenvalue weighted by atomic mass is 16.5. The predicted octanol–water partition coefficient (Wildman–Crippen LogP) is 0.614. The van der Waals surface area contributed by atoms with Crippen LogP contribution in [-0.4, -0.2) is 129 Å². The Bertz CT molecular complexity index is 1030. The Hall–Kier alpha value is -2.54. The lowest BCUT2D eigenvalue weighted by molar-refractivity contribution is 0.00753. The van der Waals surface area contributed by atoms with E-state index < -0.39 is 12.3 Å². The number of ether oxygens (including phenoxy) is 2. The summed E-state index contributed by atoms with van der Waals surface area (Å²) in [7, 11) is 5.58. The number of aromatic nitrogens is 2. The number of hydrogen-bond donors (Lipinski definition) is 4. The minimum atomic E-state index is -0.590. The number of aliphatic hydroxyl groups excluding tert-OH is 2. The number of likely N-dealkylation sites (N-methyl/N-ethyl adjacent to an activating group) is 2. The molecule has 4 rings (SSSR count). The van der Waals surface area contributed by atoms with Crippen LogP contribution in [0.1, 0.15) is 12.0 Å². The van der Waals surface area contributed by atoms with Crippen molar-refractivity contribution >= 4 is 11.6 Å². The lowest BCUT2D eigenvalue weighted by atomic mass is 10.1. The predicted molar refractivity (Wildman–Crippen MR) is 149 cm³/mol. The topological polar surface area (TPSA) is 118 Å². The van der Waals surface area contributed by atoms with Crippen molar-refractivity contribution in [1.29, 1.82) is 0 Å². The summed E-state index contributed by atoms with van der Waals surface area (Å²) in [5, 5.41) is 26.8. The minimum absolute atomic E-state index is 0.200. The van der Waals surface area contributed by atoms with Crippen LogP contribution in [-0.2, 0) is 4.74 Å². The van der Waals surface area contributed by atoms with E-state index >= 15 is 0 Å². The molecule has 4 N–H and O–H groups in total. The lowest BCUT2D eigenvalue weighted by Crippen LogP contribution is -2.51. The van der Waals surface area contributed by atoms with Gasteiger partial charge >= 0.3 is 0 Å². The highest BCUT2D eigenvalue weighted by Gasteiger charge is 2.25. The molecule has 2 fully saturated rings. The number of rotatable bonds is 12. The molecule has 11 nitrogen and oxygen atoms in total. The summed E-state index contributed by atoms with van der Waals surface area (Å²) in [6, 6.07) is 7.92. The largest absolute Gasteiger partial charge is 0.491 e. The SMILES string of the molecule is CNCC(O)COc1cccc(-c2nc(N[C@@H]3CCOC3)c(C)c(N3CCN(CC(O)N(C)C)CC3)n2)c1. The average Bonchev–Trinajstić information content (AvgIpc) is 3.43. The van der Waals surface area contributed by atoms with Crippen LogP contribution < -0.4 is 20.3 Å². The number of β-amino-alcohol motifs (C(OH)–C–C–N with tert-alkyl or cyclic N) is 1. The van der Waals surface area contributed by atoms with Gasteiger partial charge in [-0.3, -0.25) is 9.80 Å².